The molecule has 9 heteroatoms. The maximum absolute atomic E-state index is 12.3. The summed E-state index contributed by atoms with van der Waals surface area (Å²) in [5.41, 5.74) is 0.503. The number of amidine groups is 1. The highest BCUT2D eigenvalue weighted by Gasteiger charge is 2.31. The van der Waals surface area contributed by atoms with Crippen molar-refractivity contribution in [1.82, 2.24) is 5.32 Å². The number of aliphatic imine (C=N–C) groups is 1. The number of amides is 2. The van der Waals surface area contributed by atoms with Gasteiger partial charge in [0.2, 0.25) is 11.8 Å². The molecule has 0 radical (unpaired) electrons. The summed E-state index contributed by atoms with van der Waals surface area (Å²) in [6.07, 6.45) is 0.957. The average molecular weight is 402 g/mol. The number of hydrogen-bond donors (Lipinski definition) is 2. The van der Waals surface area contributed by atoms with Gasteiger partial charge in [0.15, 0.2) is 5.17 Å². The lowest BCUT2D eigenvalue weighted by molar-refractivity contribution is -0.122. The van der Waals surface area contributed by atoms with Crippen molar-refractivity contribution in [2.45, 2.75) is 42.6 Å². The lowest BCUT2D eigenvalue weighted by atomic mass is 10.1. The Morgan fingerprint density at radius 3 is 2.65 bits per heavy atom. The predicted octanol–water partition coefficient (Wildman–Crippen LogP) is 3.96. The first-order chi connectivity index (χ1) is 12.3. The maximum Gasteiger partial charge on any atom is 0.288 e. The molecule has 1 aliphatic rings. The Kier molecular flexibility index (Phi) is 7.89. The third-order valence-electron chi connectivity index (χ3n) is 3.47. The van der Waals surface area contributed by atoms with Gasteiger partial charge in [-0.15, -0.1) is 0 Å². The molecule has 0 aromatic heterocycles. The van der Waals surface area contributed by atoms with E-state index in [9.17, 15) is 18.4 Å². The minimum atomic E-state index is -2.48. The van der Waals surface area contributed by atoms with E-state index < -0.39 is 11.0 Å². The molecule has 1 fully saturated rings. The Hall–Kier alpha value is -1.61. The van der Waals surface area contributed by atoms with Crippen LogP contribution in [-0.4, -0.2) is 34.5 Å². The largest absolute Gasteiger partial charge is 0.326 e. The van der Waals surface area contributed by atoms with Crippen LogP contribution in [-0.2, 0) is 9.59 Å². The second-order valence-electron chi connectivity index (χ2n) is 6.12. The monoisotopic (exact) mass is 401 g/mol. The molecule has 0 unspecified atom stereocenters. The average Bonchev–Trinajstić information content (AvgIpc) is 2.88. The fourth-order valence-corrected chi connectivity index (χ4v) is 3.63. The van der Waals surface area contributed by atoms with Crippen molar-refractivity contribution >= 4 is 46.2 Å². The molecule has 26 heavy (non-hydrogen) atoms. The molecule has 1 heterocycles. The normalized spacial score (nSPS) is 18.6. The zero-order valence-corrected chi connectivity index (χ0v) is 16.1. The number of halogens is 2. The Morgan fingerprint density at radius 2 is 2.04 bits per heavy atom. The second kappa shape index (κ2) is 9.91. The van der Waals surface area contributed by atoms with E-state index in [4.69, 9.17) is 0 Å². The number of carbonyl (C=O) groups is 2. The summed E-state index contributed by atoms with van der Waals surface area (Å²) in [5, 5.41) is 5.41. The minimum absolute atomic E-state index is 0.0211. The van der Waals surface area contributed by atoms with Crippen LogP contribution in [0.3, 0.4) is 0 Å². The Morgan fingerprint density at radius 1 is 1.35 bits per heavy atom. The summed E-state index contributed by atoms with van der Waals surface area (Å²) in [6, 6.07) is 6.15. The fraction of sp³-hybridized carbons (Fsp3) is 0.471. The van der Waals surface area contributed by atoms with Crippen LogP contribution in [0.1, 0.15) is 26.7 Å². The maximum atomic E-state index is 12.3. The standard InChI is InChI=1S/C17H21F2N3O2S2/c1-10(2)7-8-20-17-22-15(24)13(26-17)9-14(23)21-11-3-5-12(6-4-11)25-16(18)19/h3-6,10,13,16H,7-9H2,1-2H3,(H,21,23)(H,20,22,24)/t13-/m1/s1. The van der Waals surface area contributed by atoms with Gasteiger partial charge in [-0.05, 0) is 36.6 Å². The van der Waals surface area contributed by atoms with Gasteiger partial charge in [0.1, 0.15) is 5.25 Å². The van der Waals surface area contributed by atoms with E-state index in [0.717, 1.165) is 6.42 Å². The highest BCUT2D eigenvalue weighted by molar-refractivity contribution is 8.15. The third kappa shape index (κ3) is 6.95. The quantitative estimate of drug-likeness (QED) is 0.647. The van der Waals surface area contributed by atoms with Crippen molar-refractivity contribution in [2.75, 3.05) is 11.9 Å². The van der Waals surface area contributed by atoms with Crippen LogP contribution in [0.15, 0.2) is 34.2 Å². The lowest BCUT2D eigenvalue weighted by Crippen LogP contribution is -2.28. The summed E-state index contributed by atoms with van der Waals surface area (Å²) in [7, 11) is 0. The van der Waals surface area contributed by atoms with Crippen LogP contribution in [0.2, 0.25) is 0 Å². The summed E-state index contributed by atoms with van der Waals surface area (Å²) < 4.78 is 24.6. The first kappa shape index (κ1) is 20.7. The summed E-state index contributed by atoms with van der Waals surface area (Å²) >= 11 is 1.71. The van der Waals surface area contributed by atoms with Gasteiger partial charge in [-0.3, -0.25) is 14.6 Å². The molecule has 2 rings (SSSR count). The van der Waals surface area contributed by atoms with Gasteiger partial charge >= 0.3 is 0 Å². The molecule has 142 valence electrons. The molecule has 2 N–H and O–H groups in total. The first-order valence-corrected chi connectivity index (χ1v) is 9.96. The zero-order chi connectivity index (χ0) is 19.1. The number of hydrogen-bond acceptors (Lipinski definition) is 5. The second-order valence-corrected chi connectivity index (χ2v) is 8.38. The van der Waals surface area contributed by atoms with Crippen LogP contribution in [0, 0.1) is 5.92 Å². The van der Waals surface area contributed by atoms with Crippen molar-refractivity contribution < 1.29 is 18.4 Å². The van der Waals surface area contributed by atoms with E-state index in [2.05, 4.69) is 29.5 Å². The topological polar surface area (TPSA) is 70.6 Å². The van der Waals surface area contributed by atoms with E-state index in [1.54, 1.807) is 12.1 Å². The number of rotatable bonds is 8. The predicted molar refractivity (Wildman–Crippen MR) is 103 cm³/mol. The molecule has 5 nitrogen and oxygen atoms in total. The summed E-state index contributed by atoms with van der Waals surface area (Å²) in [5.74, 6) is -2.48. The molecule has 1 atom stereocenters. The molecule has 2 amide bonds. The minimum Gasteiger partial charge on any atom is -0.326 e. The van der Waals surface area contributed by atoms with Gasteiger partial charge in [-0.2, -0.15) is 8.78 Å². The first-order valence-electron chi connectivity index (χ1n) is 8.20. The number of nitrogens with zero attached hydrogens (tertiary/aromatic N) is 1. The van der Waals surface area contributed by atoms with Gasteiger partial charge in [0, 0.05) is 23.5 Å². The Bertz CT molecular complexity index is 666. The smallest absolute Gasteiger partial charge is 0.288 e. The van der Waals surface area contributed by atoms with Crippen LogP contribution in [0.4, 0.5) is 14.5 Å². The zero-order valence-electron chi connectivity index (χ0n) is 14.5. The number of thioether (sulfide) groups is 2. The van der Waals surface area contributed by atoms with Crippen molar-refractivity contribution in [1.29, 1.82) is 0 Å². The van der Waals surface area contributed by atoms with E-state index in [0.29, 0.717) is 40.0 Å². The molecule has 1 saturated heterocycles. The fourth-order valence-electron chi connectivity index (χ4n) is 2.14. The van der Waals surface area contributed by atoms with Crippen LogP contribution >= 0.6 is 23.5 Å². The molecule has 1 aromatic carbocycles. The van der Waals surface area contributed by atoms with E-state index in [1.165, 1.54) is 23.9 Å². The van der Waals surface area contributed by atoms with Crippen molar-refractivity contribution in [2.24, 2.45) is 10.9 Å². The number of alkyl halides is 2. The van der Waals surface area contributed by atoms with E-state index >= 15 is 0 Å². The SMILES string of the molecule is CC(C)CCN=C1NC(=O)[C@@H](CC(=O)Nc2ccc(SC(F)F)cc2)S1. The Labute approximate surface area is 159 Å². The van der Waals surface area contributed by atoms with Gasteiger partial charge in [0.05, 0.1) is 0 Å². The molecular formula is C17H21F2N3O2S2. The molecule has 0 aliphatic carbocycles. The van der Waals surface area contributed by atoms with Gasteiger partial charge in [-0.25, -0.2) is 0 Å². The molecule has 0 saturated carbocycles. The number of benzene rings is 1. The summed E-state index contributed by atoms with van der Waals surface area (Å²) in [6.45, 7) is 4.85. The van der Waals surface area contributed by atoms with Crippen molar-refractivity contribution in [3.05, 3.63) is 24.3 Å². The van der Waals surface area contributed by atoms with E-state index in [1.807, 2.05) is 0 Å². The third-order valence-corrected chi connectivity index (χ3v) is 5.31. The van der Waals surface area contributed by atoms with E-state index in [-0.39, 0.29) is 18.2 Å². The Balaban J connectivity index is 1.83. The number of carbonyl (C=O) groups excluding carboxylic acids is 2. The molecule has 0 bridgehead atoms. The lowest BCUT2D eigenvalue weighted by Gasteiger charge is -2.08. The number of nitrogens with one attached hydrogen (secondary N) is 2. The highest BCUT2D eigenvalue weighted by atomic mass is 32.2. The van der Waals surface area contributed by atoms with Crippen LogP contribution in [0.25, 0.3) is 0 Å². The van der Waals surface area contributed by atoms with Gasteiger partial charge in [0.25, 0.3) is 5.76 Å². The van der Waals surface area contributed by atoms with Gasteiger partial charge < -0.3 is 10.6 Å². The molecule has 1 aliphatic heterocycles. The molecule has 1 aromatic rings. The molecule has 0 spiro atoms. The van der Waals surface area contributed by atoms with Crippen molar-refractivity contribution in [3.63, 3.8) is 0 Å². The van der Waals surface area contributed by atoms with Crippen molar-refractivity contribution in [3.8, 4) is 0 Å². The highest BCUT2D eigenvalue weighted by Crippen LogP contribution is 2.27. The van der Waals surface area contributed by atoms with Crippen LogP contribution in [0.5, 0.6) is 0 Å². The summed E-state index contributed by atoms with van der Waals surface area (Å²) in [4.78, 5) is 28.8. The molecular weight excluding hydrogens is 380 g/mol. The van der Waals surface area contributed by atoms with Gasteiger partial charge in [-0.1, -0.05) is 37.4 Å². The van der Waals surface area contributed by atoms with Crippen LogP contribution < -0.4 is 10.6 Å². The number of anilines is 1.